The molecule has 0 spiro atoms. The third-order valence-corrected chi connectivity index (χ3v) is 12.7. The second kappa shape index (κ2) is 8.54. The van der Waals surface area contributed by atoms with Crippen LogP contribution in [0.5, 0.6) is 0 Å². The molecule has 3 fully saturated rings. The Morgan fingerprint density at radius 2 is 1.73 bits per heavy atom. The molecule has 2 aliphatic carbocycles. The first-order valence-electron chi connectivity index (χ1n) is 8.96. The van der Waals surface area contributed by atoms with Gasteiger partial charge in [0.05, 0.1) is 17.6 Å². The molecular weight excluding hydrogens is 836 g/mol. The minimum Gasteiger partial charge on any atom is -0.457 e. The Balaban J connectivity index is 1.66. The van der Waals surface area contributed by atoms with Crippen LogP contribution in [0.3, 0.4) is 0 Å². The van der Waals surface area contributed by atoms with E-state index in [4.69, 9.17) is 8.92 Å². The highest BCUT2D eigenvalue weighted by molar-refractivity contribution is 14.1. The summed E-state index contributed by atoms with van der Waals surface area (Å²) in [5, 5.41) is -1.29. The number of carbonyl (C=O) groups is 2. The number of esters is 1. The van der Waals surface area contributed by atoms with E-state index in [-0.39, 0.29) is 12.0 Å². The molecule has 4 rings (SSSR count). The van der Waals surface area contributed by atoms with E-state index < -0.39 is 72.7 Å². The monoisotopic (exact) mass is 847 g/mol. The molecule has 6 unspecified atom stereocenters. The van der Waals surface area contributed by atoms with Gasteiger partial charge in [-0.15, -0.1) is 0 Å². The first-order valence-corrected chi connectivity index (χ1v) is 15.2. The smallest absolute Gasteiger partial charge is 0.457 e. The van der Waals surface area contributed by atoms with Crippen LogP contribution >= 0.6 is 67.8 Å². The van der Waals surface area contributed by atoms with Crippen molar-refractivity contribution in [1.29, 1.82) is 0 Å². The standard InChI is InChI=1S/C16H11F3I3NO8S2/c17-16(18,19)33(28,29)23-14(24)8-4-3-5-11(8)31-32(26,27)13(5)12(4)30-15(25)9-6(20)1-2-7(21)10(9)22/h1-2,4-5,8,11-13H,3H2,(H,23,24). The van der Waals surface area contributed by atoms with Crippen LogP contribution in [0, 0.1) is 28.5 Å². The fourth-order valence-corrected chi connectivity index (χ4v) is 9.46. The summed E-state index contributed by atoms with van der Waals surface area (Å²) in [6.07, 6.45) is -2.71. The number of hydrogen-bond acceptors (Lipinski definition) is 8. The van der Waals surface area contributed by atoms with E-state index in [0.717, 1.165) is 8.29 Å². The van der Waals surface area contributed by atoms with Crippen LogP contribution in [0.25, 0.3) is 0 Å². The van der Waals surface area contributed by atoms with Gasteiger partial charge < -0.3 is 4.74 Å². The number of sulfonamides is 1. The van der Waals surface area contributed by atoms with Gasteiger partial charge in [-0.05, 0) is 86.3 Å². The highest BCUT2D eigenvalue weighted by atomic mass is 127. The molecule has 1 aromatic carbocycles. The fourth-order valence-electron chi connectivity index (χ4n) is 4.63. The molecule has 0 radical (unpaired) electrons. The van der Waals surface area contributed by atoms with Crippen molar-refractivity contribution in [2.75, 3.05) is 0 Å². The third kappa shape index (κ3) is 4.28. The lowest BCUT2D eigenvalue weighted by Gasteiger charge is -2.30. The largest absolute Gasteiger partial charge is 0.516 e. The maximum Gasteiger partial charge on any atom is 0.516 e. The van der Waals surface area contributed by atoms with E-state index in [0.29, 0.717) is 7.14 Å². The van der Waals surface area contributed by atoms with Crippen molar-refractivity contribution in [2.45, 2.75) is 29.4 Å². The fraction of sp³-hybridized carbons (Fsp3) is 0.500. The van der Waals surface area contributed by atoms with Crippen LogP contribution in [0.2, 0.25) is 0 Å². The minimum absolute atomic E-state index is 0.0111. The zero-order valence-corrected chi connectivity index (χ0v) is 23.8. The third-order valence-electron chi connectivity index (χ3n) is 5.86. The molecule has 3 aliphatic rings. The van der Waals surface area contributed by atoms with Gasteiger partial charge in [0.25, 0.3) is 10.1 Å². The molecule has 6 atom stereocenters. The Hall–Kier alpha value is -0.000000000000000111. The molecule has 2 bridgehead atoms. The maximum absolute atomic E-state index is 13.0. The van der Waals surface area contributed by atoms with Crippen molar-refractivity contribution in [1.82, 2.24) is 4.72 Å². The second-order valence-electron chi connectivity index (χ2n) is 7.61. The first-order chi connectivity index (χ1) is 15.1. The van der Waals surface area contributed by atoms with Crippen LogP contribution in [0.15, 0.2) is 12.1 Å². The van der Waals surface area contributed by atoms with Crippen LogP contribution in [0.4, 0.5) is 13.2 Å². The molecule has 1 aromatic rings. The Labute approximate surface area is 226 Å². The van der Waals surface area contributed by atoms with Gasteiger partial charge in [0.2, 0.25) is 5.91 Å². The van der Waals surface area contributed by atoms with Gasteiger partial charge in [0, 0.05) is 22.5 Å². The number of carbonyl (C=O) groups excluding carboxylic acids is 2. The number of hydrogen-bond donors (Lipinski definition) is 1. The van der Waals surface area contributed by atoms with Crippen molar-refractivity contribution in [2.24, 2.45) is 17.8 Å². The lowest BCUT2D eigenvalue weighted by atomic mass is 9.83. The molecular formula is C16H11F3I3NO8S2. The number of ether oxygens (including phenoxy) is 1. The highest BCUT2D eigenvalue weighted by Crippen LogP contribution is 2.58. The lowest BCUT2D eigenvalue weighted by Crippen LogP contribution is -2.51. The summed E-state index contributed by atoms with van der Waals surface area (Å²) in [4.78, 5) is 25.5. The summed E-state index contributed by atoms with van der Waals surface area (Å²) in [5.41, 5.74) is -5.56. The number of fused-ring (bicyclic) bond motifs is 1. The normalized spacial score (nSPS) is 32.1. The van der Waals surface area contributed by atoms with E-state index in [9.17, 15) is 39.6 Å². The molecule has 1 heterocycles. The maximum atomic E-state index is 13.0. The van der Waals surface area contributed by atoms with E-state index in [1.807, 2.05) is 67.8 Å². The van der Waals surface area contributed by atoms with Crippen LogP contribution in [0.1, 0.15) is 16.8 Å². The zero-order valence-electron chi connectivity index (χ0n) is 15.7. The molecule has 1 saturated heterocycles. The van der Waals surface area contributed by atoms with Crippen LogP contribution in [-0.2, 0) is 33.9 Å². The van der Waals surface area contributed by atoms with Gasteiger partial charge >= 0.3 is 21.5 Å². The molecule has 9 nitrogen and oxygen atoms in total. The van der Waals surface area contributed by atoms with Crippen molar-refractivity contribution in [3.05, 3.63) is 28.4 Å². The summed E-state index contributed by atoms with van der Waals surface area (Å²) < 4.78 is 99.4. The predicted octanol–water partition coefficient (Wildman–Crippen LogP) is 2.35. The molecule has 17 heteroatoms. The van der Waals surface area contributed by atoms with Crippen molar-refractivity contribution >= 4 is 99.8 Å². The second-order valence-corrected chi connectivity index (χ2v) is 14.4. The Kier molecular flexibility index (Phi) is 6.75. The first kappa shape index (κ1) is 26.1. The predicted molar refractivity (Wildman–Crippen MR) is 130 cm³/mol. The van der Waals surface area contributed by atoms with E-state index >= 15 is 0 Å². The molecule has 1 amide bonds. The zero-order chi connectivity index (χ0) is 24.7. The summed E-state index contributed by atoms with van der Waals surface area (Å²) in [5.74, 6) is -5.84. The summed E-state index contributed by atoms with van der Waals surface area (Å²) in [7, 11) is -10.3. The van der Waals surface area contributed by atoms with Crippen LogP contribution < -0.4 is 4.72 Å². The molecule has 2 saturated carbocycles. The molecule has 0 aromatic heterocycles. The van der Waals surface area contributed by atoms with Gasteiger partial charge in [-0.2, -0.15) is 30.0 Å². The topological polar surface area (TPSA) is 133 Å². The number of benzene rings is 1. The van der Waals surface area contributed by atoms with Gasteiger partial charge in [-0.25, -0.2) is 9.52 Å². The van der Waals surface area contributed by atoms with Crippen molar-refractivity contribution < 1.29 is 48.5 Å². The van der Waals surface area contributed by atoms with Crippen molar-refractivity contribution in [3.63, 3.8) is 0 Å². The van der Waals surface area contributed by atoms with Gasteiger partial charge in [0.1, 0.15) is 11.4 Å². The van der Waals surface area contributed by atoms with E-state index in [2.05, 4.69) is 0 Å². The number of nitrogens with one attached hydrogen (secondary N) is 1. The Bertz CT molecular complexity index is 1270. The van der Waals surface area contributed by atoms with Crippen LogP contribution in [-0.4, -0.2) is 51.7 Å². The SMILES string of the molecule is O=C(OC1C2CC3C(OS(=O)(=O)C31)C2C(=O)NS(=O)(=O)C(F)(F)F)c1c(I)ccc(I)c1I. The Morgan fingerprint density at radius 1 is 1.12 bits per heavy atom. The Morgan fingerprint density at radius 3 is 2.33 bits per heavy atom. The van der Waals surface area contributed by atoms with Crippen molar-refractivity contribution in [3.8, 4) is 0 Å². The van der Waals surface area contributed by atoms with E-state index in [1.165, 1.54) is 0 Å². The molecule has 182 valence electrons. The average molecular weight is 847 g/mol. The molecule has 33 heavy (non-hydrogen) atoms. The lowest BCUT2D eigenvalue weighted by molar-refractivity contribution is -0.129. The minimum atomic E-state index is -6.01. The number of halogens is 6. The molecule has 1 N–H and O–H groups in total. The summed E-state index contributed by atoms with van der Waals surface area (Å²) >= 11 is 5.83. The van der Waals surface area contributed by atoms with E-state index in [1.54, 1.807) is 12.1 Å². The number of alkyl halides is 3. The number of rotatable bonds is 4. The molecule has 1 aliphatic heterocycles. The van der Waals surface area contributed by atoms with Gasteiger partial charge in [-0.3, -0.25) is 8.98 Å². The summed E-state index contributed by atoms with van der Waals surface area (Å²) in [6.45, 7) is 0. The summed E-state index contributed by atoms with van der Waals surface area (Å²) in [6, 6.07) is 3.42. The van der Waals surface area contributed by atoms with Gasteiger partial charge in [-0.1, -0.05) is 0 Å². The quantitative estimate of drug-likeness (QED) is 0.212. The highest BCUT2D eigenvalue weighted by Gasteiger charge is 2.72. The van der Waals surface area contributed by atoms with Gasteiger partial charge in [0.15, 0.2) is 0 Å². The number of amides is 1. The average Bonchev–Trinajstić information content (AvgIpc) is 3.25.